The number of para-hydroxylation sites is 2. The molecule has 0 bridgehead atoms. The summed E-state index contributed by atoms with van der Waals surface area (Å²) in [4.78, 5) is 12.0. The van der Waals surface area contributed by atoms with E-state index in [1.54, 1.807) is 12.6 Å². The molecule has 9 nitrogen and oxygen atoms in total. The van der Waals surface area contributed by atoms with Crippen LogP contribution >= 0.6 is 23.1 Å². The van der Waals surface area contributed by atoms with Crippen LogP contribution in [0.1, 0.15) is 12.7 Å². The normalized spacial score (nSPS) is 10.6. The molecular formula is C16H18N6O3S2. The summed E-state index contributed by atoms with van der Waals surface area (Å²) in [6.07, 6.45) is 0. The Morgan fingerprint density at radius 2 is 2.07 bits per heavy atom. The maximum absolute atomic E-state index is 12.0. The van der Waals surface area contributed by atoms with Crippen LogP contribution in [-0.4, -0.2) is 43.7 Å². The van der Waals surface area contributed by atoms with Crippen LogP contribution in [0.25, 0.3) is 0 Å². The molecule has 0 saturated carbocycles. The summed E-state index contributed by atoms with van der Waals surface area (Å²) >= 11 is 2.57. The lowest BCUT2D eigenvalue weighted by Crippen LogP contribution is -2.14. The highest BCUT2D eigenvalue weighted by molar-refractivity contribution is 7.99. The smallest absolute Gasteiger partial charge is 0.236 e. The molecule has 3 rings (SSSR count). The number of carbonyl (C=O) groups excluding carboxylic acids is 1. The number of nitrogens with zero attached hydrogens (tertiary/aromatic N) is 5. The van der Waals surface area contributed by atoms with Crippen molar-refractivity contribution in [1.82, 2.24) is 25.0 Å². The number of methoxy groups -OCH3 is 1. The third-order valence-electron chi connectivity index (χ3n) is 3.47. The molecule has 1 amide bonds. The number of hydrogen-bond acceptors (Lipinski definition) is 9. The van der Waals surface area contributed by atoms with Crippen LogP contribution in [-0.2, 0) is 17.9 Å². The van der Waals surface area contributed by atoms with E-state index in [0.29, 0.717) is 34.2 Å². The minimum absolute atomic E-state index is 0.172. The van der Waals surface area contributed by atoms with Gasteiger partial charge < -0.3 is 14.0 Å². The molecule has 27 heavy (non-hydrogen) atoms. The van der Waals surface area contributed by atoms with Gasteiger partial charge in [-0.3, -0.25) is 10.1 Å². The van der Waals surface area contributed by atoms with Gasteiger partial charge in [0.05, 0.1) is 12.9 Å². The highest BCUT2D eigenvalue weighted by Crippen LogP contribution is 2.27. The molecule has 0 unspecified atom stereocenters. The van der Waals surface area contributed by atoms with E-state index in [0.717, 1.165) is 0 Å². The second-order valence-electron chi connectivity index (χ2n) is 5.16. The lowest BCUT2D eigenvalue weighted by atomic mass is 10.3. The van der Waals surface area contributed by atoms with Crippen LogP contribution in [0, 0.1) is 0 Å². The third-order valence-corrected chi connectivity index (χ3v) is 5.05. The predicted molar refractivity (Wildman–Crippen MR) is 102 cm³/mol. The summed E-state index contributed by atoms with van der Waals surface area (Å²) in [6, 6.07) is 7.42. The van der Waals surface area contributed by atoms with E-state index in [1.807, 2.05) is 35.8 Å². The van der Waals surface area contributed by atoms with Gasteiger partial charge in [-0.25, -0.2) is 0 Å². The Kier molecular flexibility index (Phi) is 6.60. The first-order valence-electron chi connectivity index (χ1n) is 8.08. The molecule has 0 aliphatic rings. The number of thioether (sulfide) groups is 1. The molecule has 0 fully saturated rings. The summed E-state index contributed by atoms with van der Waals surface area (Å²) in [7, 11) is 1.60. The molecule has 0 spiro atoms. The zero-order chi connectivity index (χ0) is 19.1. The number of nitrogens with one attached hydrogen (secondary N) is 1. The van der Waals surface area contributed by atoms with Gasteiger partial charge in [-0.15, -0.1) is 20.4 Å². The van der Waals surface area contributed by atoms with Crippen LogP contribution in [0.5, 0.6) is 11.5 Å². The summed E-state index contributed by atoms with van der Waals surface area (Å²) in [6.45, 7) is 2.90. The molecule has 2 heterocycles. The van der Waals surface area contributed by atoms with Gasteiger partial charge in [0, 0.05) is 6.54 Å². The molecular weight excluding hydrogens is 388 g/mol. The topological polar surface area (TPSA) is 104 Å². The van der Waals surface area contributed by atoms with Gasteiger partial charge in [-0.05, 0) is 19.1 Å². The maximum Gasteiger partial charge on any atom is 0.236 e. The van der Waals surface area contributed by atoms with Crippen molar-refractivity contribution in [3.05, 3.63) is 35.6 Å². The van der Waals surface area contributed by atoms with E-state index in [-0.39, 0.29) is 18.3 Å². The van der Waals surface area contributed by atoms with Crippen LogP contribution in [0.15, 0.2) is 34.9 Å². The average Bonchev–Trinajstić information content (AvgIpc) is 3.34. The summed E-state index contributed by atoms with van der Waals surface area (Å²) < 4.78 is 13.0. The molecule has 1 aromatic carbocycles. The second kappa shape index (κ2) is 9.33. The van der Waals surface area contributed by atoms with Crippen molar-refractivity contribution < 1.29 is 14.3 Å². The Morgan fingerprint density at radius 3 is 2.78 bits per heavy atom. The minimum atomic E-state index is -0.172. The lowest BCUT2D eigenvalue weighted by molar-refractivity contribution is -0.113. The fourth-order valence-electron chi connectivity index (χ4n) is 2.24. The van der Waals surface area contributed by atoms with E-state index in [2.05, 4.69) is 25.7 Å². The molecule has 0 aliphatic carbocycles. The molecule has 1 N–H and O–H groups in total. The molecule has 142 valence electrons. The van der Waals surface area contributed by atoms with Gasteiger partial charge in [0.2, 0.25) is 11.0 Å². The van der Waals surface area contributed by atoms with Crippen LogP contribution in [0.3, 0.4) is 0 Å². The molecule has 0 saturated heterocycles. The predicted octanol–water partition coefficient (Wildman–Crippen LogP) is 2.47. The van der Waals surface area contributed by atoms with Crippen molar-refractivity contribution in [3.8, 4) is 11.5 Å². The average molecular weight is 406 g/mol. The Balaban J connectivity index is 1.60. The molecule has 0 radical (unpaired) electrons. The summed E-state index contributed by atoms with van der Waals surface area (Å²) in [5.74, 6) is 1.99. The quantitative estimate of drug-likeness (QED) is 0.541. The van der Waals surface area contributed by atoms with Crippen molar-refractivity contribution in [2.75, 3.05) is 18.2 Å². The highest BCUT2D eigenvalue weighted by Gasteiger charge is 2.15. The number of aromatic nitrogens is 5. The van der Waals surface area contributed by atoms with Crippen LogP contribution < -0.4 is 14.8 Å². The number of hydrogen-bond donors (Lipinski definition) is 1. The van der Waals surface area contributed by atoms with Crippen molar-refractivity contribution in [2.24, 2.45) is 0 Å². The molecule has 3 aromatic rings. The standard InChI is InChI=1S/C16H18N6O3S2/c1-3-22-13(8-25-12-7-5-4-6-11(12)24-2)19-21-16(22)26-9-14(23)18-15-20-17-10-27-15/h4-7,10H,3,8-9H2,1-2H3,(H,18,20,23). The zero-order valence-electron chi connectivity index (χ0n) is 14.8. The zero-order valence-corrected chi connectivity index (χ0v) is 16.4. The molecule has 0 atom stereocenters. The van der Waals surface area contributed by atoms with E-state index in [1.165, 1.54) is 23.1 Å². The van der Waals surface area contributed by atoms with Crippen molar-refractivity contribution >= 4 is 34.1 Å². The van der Waals surface area contributed by atoms with Crippen molar-refractivity contribution in [2.45, 2.75) is 25.2 Å². The minimum Gasteiger partial charge on any atom is -0.493 e. The summed E-state index contributed by atoms with van der Waals surface area (Å²) in [5, 5.41) is 19.6. The Hall–Kier alpha value is -2.66. The highest BCUT2D eigenvalue weighted by atomic mass is 32.2. The Bertz CT molecular complexity index is 884. The number of benzene rings is 1. The third kappa shape index (κ3) is 4.95. The molecule has 0 aliphatic heterocycles. The molecule has 11 heteroatoms. The number of anilines is 1. The first kappa shape index (κ1) is 19.1. The van der Waals surface area contributed by atoms with Gasteiger partial charge >= 0.3 is 0 Å². The van der Waals surface area contributed by atoms with Gasteiger partial charge in [-0.1, -0.05) is 35.2 Å². The maximum atomic E-state index is 12.0. The number of ether oxygens (including phenoxy) is 2. The number of amides is 1. The van der Waals surface area contributed by atoms with E-state index >= 15 is 0 Å². The van der Waals surface area contributed by atoms with E-state index < -0.39 is 0 Å². The van der Waals surface area contributed by atoms with Crippen molar-refractivity contribution in [1.29, 1.82) is 0 Å². The monoisotopic (exact) mass is 406 g/mol. The Labute approximate surface area is 164 Å². The lowest BCUT2D eigenvalue weighted by Gasteiger charge is -2.11. The van der Waals surface area contributed by atoms with E-state index in [9.17, 15) is 4.79 Å². The number of rotatable bonds is 9. The van der Waals surface area contributed by atoms with Gasteiger partial charge in [-0.2, -0.15) is 0 Å². The summed E-state index contributed by atoms with van der Waals surface area (Å²) in [5.41, 5.74) is 1.56. The fraction of sp³-hybridized carbons (Fsp3) is 0.312. The second-order valence-corrected chi connectivity index (χ2v) is 6.94. The van der Waals surface area contributed by atoms with Gasteiger partial charge in [0.25, 0.3) is 0 Å². The SMILES string of the molecule is CCn1c(COc2ccccc2OC)nnc1SCC(=O)Nc1nncs1. The first-order chi connectivity index (χ1) is 13.2. The van der Waals surface area contributed by atoms with E-state index in [4.69, 9.17) is 9.47 Å². The van der Waals surface area contributed by atoms with Crippen molar-refractivity contribution in [3.63, 3.8) is 0 Å². The number of carbonyl (C=O) groups is 1. The largest absolute Gasteiger partial charge is 0.493 e. The van der Waals surface area contributed by atoms with Crippen LogP contribution in [0.4, 0.5) is 5.13 Å². The molecule has 2 aromatic heterocycles. The Morgan fingerprint density at radius 1 is 1.26 bits per heavy atom. The van der Waals surface area contributed by atoms with Gasteiger partial charge in [0.1, 0.15) is 12.1 Å². The fourth-order valence-corrected chi connectivity index (χ4v) is 3.53. The first-order valence-corrected chi connectivity index (χ1v) is 9.94. The van der Waals surface area contributed by atoms with Crippen LogP contribution in [0.2, 0.25) is 0 Å². The van der Waals surface area contributed by atoms with Gasteiger partial charge in [0.15, 0.2) is 22.5 Å².